The molecule has 4 rings (SSSR count). The van der Waals surface area contributed by atoms with Gasteiger partial charge in [0, 0.05) is 17.0 Å². The third-order valence-electron chi connectivity index (χ3n) is 5.18. The number of hydrogen-bond donors (Lipinski definition) is 1. The first-order valence-corrected chi connectivity index (χ1v) is 8.28. The van der Waals surface area contributed by atoms with Crippen LogP contribution in [0.1, 0.15) is 25.7 Å². The highest BCUT2D eigenvalue weighted by molar-refractivity contribution is 6.03. The van der Waals surface area contributed by atoms with E-state index in [1.807, 2.05) is 24.3 Å². The van der Waals surface area contributed by atoms with Crippen LogP contribution in [-0.2, 0) is 4.79 Å². The summed E-state index contributed by atoms with van der Waals surface area (Å²) in [6, 6.07) is 14.3. The molecule has 0 saturated heterocycles. The van der Waals surface area contributed by atoms with E-state index in [9.17, 15) is 4.79 Å². The van der Waals surface area contributed by atoms with E-state index >= 15 is 0 Å². The highest BCUT2D eigenvalue weighted by Crippen LogP contribution is 2.53. The molecular formula is C20H21NO. The Morgan fingerprint density at radius 1 is 0.909 bits per heavy atom. The van der Waals surface area contributed by atoms with E-state index in [4.69, 9.17) is 0 Å². The summed E-state index contributed by atoms with van der Waals surface area (Å²) in [5.74, 6) is 1.63. The van der Waals surface area contributed by atoms with E-state index in [0.29, 0.717) is 11.8 Å². The number of nitrogens with one attached hydrogen (secondary N) is 1. The number of rotatable bonds is 2. The summed E-state index contributed by atoms with van der Waals surface area (Å²) in [5.41, 5.74) is 0.945. The van der Waals surface area contributed by atoms with Crippen LogP contribution in [0.15, 0.2) is 54.6 Å². The molecule has 2 atom stereocenters. The van der Waals surface area contributed by atoms with Crippen molar-refractivity contribution in [2.75, 3.05) is 5.32 Å². The Balaban J connectivity index is 1.52. The van der Waals surface area contributed by atoms with Crippen LogP contribution in [-0.4, -0.2) is 5.91 Å². The number of benzene rings is 2. The largest absolute Gasteiger partial charge is 0.325 e. The Morgan fingerprint density at radius 3 is 2.36 bits per heavy atom. The number of anilines is 1. The maximum absolute atomic E-state index is 12.7. The van der Waals surface area contributed by atoms with Crippen LogP contribution in [0.4, 0.5) is 5.69 Å². The Hall–Kier alpha value is -2.09. The maximum Gasteiger partial charge on any atom is 0.228 e. The molecule has 0 aromatic heterocycles. The SMILES string of the molecule is O=C(Nc1cccc2ccccc12)C1C2CC/C=C\CCC21. The van der Waals surface area contributed by atoms with E-state index in [0.717, 1.165) is 36.8 Å². The molecule has 0 spiro atoms. The molecule has 112 valence electrons. The zero-order chi connectivity index (χ0) is 14.9. The second-order valence-corrected chi connectivity index (χ2v) is 6.50. The van der Waals surface area contributed by atoms with Gasteiger partial charge in [-0.15, -0.1) is 0 Å². The maximum atomic E-state index is 12.7. The van der Waals surface area contributed by atoms with E-state index in [2.05, 4.69) is 35.7 Å². The molecule has 0 heterocycles. The summed E-state index contributed by atoms with van der Waals surface area (Å²) in [5, 5.41) is 5.48. The van der Waals surface area contributed by atoms with Crippen LogP contribution in [0.2, 0.25) is 0 Å². The van der Waals surface area contributed by atoms with Crippen LogP contribution in [0.5, 0.6) is 0 Å². The third kappa shape index (κ3) is 2.43. The van der Waals surface area contributed by atoms with Gasteiger partial charge in [-0.2, -0.15) is 0 Å². The normalized spacial score (nSPS) is 28.3. The average molecular weight is 291 g/mol. The lowest BCUT2D eigenvalue weighted by Gasteiger charge is -2.08. The van der Waals surface area contributed by atoms with Crippen molar-refractivity contribution in [3.63, 3.8) is 0 Å². The molecular weight excluding hydrogens is 270 g/mol. The predicted octanol–water partition coefficient (Wildman–Crippen LogP) is 4.77. The molecule has 22 heavy (non-hydrogen) atoms. The summed E-state index contributed by atoms with van der Waals surface area (Å²) in [4.78, 5) is 12.7. The molecule has 1 fully saturated rings. The van der Waals surface area contributed by atoms with Crippen molar-refractivity contribution in [3.8, 4) is 0 Å². The van der Waals surface area contributed by atoms with Crippen LogP contribution in [0.3, 0.4) is 0 Å². The summed E-state index contributed by atoms with van der Waals surface area (Å²) >= 11 is 0. The lowest BCUT2D eigenvalue weighted by atomic mass is 10.1. The van der Waals surface area contributed by atoms with Crippen LogP contribution in [0.25, 0.3) is 10.8 Å². The zero-order valence-electron chi connectivity index (χ0n) is 12.7. The molecule has 0 bridgehead atoms. The van der Waals surface area contributed by atoms with Crippen molar-refractivity contribution in [1.29, 1.82) is 0 Å². The lowest BCUT2D eigenvalue weighted by molar-refractivity contribution is -0.117. The molecule has 2 aromatic rings. The second kappa shape index (κ2) is 5.60. The number of hydrogen-bond acceptors (Lipinski definition) is 1. The van der Waals surface area contributed by atoms with Gasteiger partial charge in [-0.1, -0.05) is 48.6 Å². The third-order valence-corrected chi connectivity index (χ3v) is 5.18. The first kappa shape index (κ1) is 13.6. The van der Waals surface area contributed by atoms with Crippen molar-refractivity contribution in [2.45, 2.75) is 25.7 Å². The van der Waals surface area contributed by atoms with Gasteiger partial charge >= 0.3 is 0 Å². The van der Waals surface area contributed by atoms with Crippen molar-refractivity contribution < 1.29 is 4.79 Å². The molecule has 1 N–H and O–H groups in total. The summed E-state index contributed by atoms with van der Waals surface area (Å²) in [7, 11) is 0. The van der Waals surface area contributed by atoms with Gasteiger partial charge in [0.1, 0.15) is 0 Å². The summed E-state index contributed by atoms with van der Waals surface area (Å²) < 4.78 is 0. The van der Waals surface area contributed by atoms with Gasteiger partial charge in [-0.05, 0) is 49.0 Å². The standard InChI is InChI=1S/C20H21NO/c22-20(19-16-11-3-1-2-4-12-17(16)19)21-18-13-7-9-14-8-5-6-10-15(14)18/h1-2,5-10,13,16-17,19H,3-4,11-12H2,(H,21,22)/b2-1-. The molecule has 2 unspecified atom stereocenters. The molecule has 2 nitrogen and oxygen atoms in total. The van der Waals surface area contributed by atoms with Gasteiger partial charge in [0.25, 0.3) is 0 Å². The fourth-order valence-electron chi connectivity index (χ4n) is 3.98. The fraction of sp³-hybridized carbons (Fsp3) is 0.350. The average Bonchev–Trinajstić information content (AvgIpc) is 3.19. The molecule has 0 aliphatic heterocycles. The Morgan fingerprint density at radius 2 is 1.59 bits per heavy atom. The van der Waals surface area contributed by atoms with E-state index in [-0.39, 0.29) is 11.8 Å². The summed E-state index contributed by atoms with van der Waals surface area (Å²) in [6.07, 6.45) is 9.12. The monoisotopic (exact) mass is 291 g/mol. The Bertz CT molecular complexity index is 712. The first-order chi connectivity index (χ1) is 10.8. The zero-order valence-corrected chi connectivity index (χ0v) is 12.7. The molecule has 1 amide bonds. The molecule has 2 aromatic carbocycles. The van der Waals surface area contributed by atoms with Crippen LogP contribution >= 0.6 is 0 Å². The fourth-order valence-corrected chi connectivity index (χ4v) is 3.98. The van der Waals surface area contributed by atoms with Gasteiger partial charge in [-0.3, -0.25) is 4.79 Å². The van der Waals surface area contributed by atoms with E-state index in [1.54, 1.807) is 0 Å². The number of carbonyl (C=O) groups excluding carboxylic acids is 1. The van der Waals surface area contributed by atoms with Crippen LogP contribution in [0, 0.1) is 17.8 Å². The van der Waals surface area contributed by atoms with Crippen LogP contribution < -0.4 is 5.32 Å². The van der Waals surface area contributed by atoms with E-state index in [1.165, 1.54) is 5.39 Å². The minimum atomic E-state index is 0.216. The smallest absolute Gasteiger partial charge is 0.228 e. The van der Waals surface area contributed by atoms with Gasteiger partial charge in [0.2, 0.25) is 5.91 Å². The number of allylic oxidation sites excluding steroid dienone is 2. The van der Waals surface area contributed by atoms with Crippen molar-refractivity contribution in [2.24, 2.45) is 17.8 Å². The Kier molecular flexibility index (Phi) is 3.45. The quantitative estimate of drug-likeness (QED) is 0.793. The highest BCUT2D eigenvalue weighted by Gasteiger charge is 2.53. The topological polar surface area (TPSA) is 29.1 Å². The van der Waals surface area contributed by atoms with Crippen molar-refractivity contribution >= 4 is 22.4 Å². The molecule has 1 saturated carbocycles. The molecule has 2 aliphatic rings. The minimum absolute atomic E-state index is 0.216. The molecule has 0 radical (unpaired) electrons. The number of fused-ring (bicyclic) bond motifs is 2. The lowest BCUT2D eigenvalue weighted by Crippen LogP contribution is -2.15. The highest BCUT2D eigenvalue weighted by atomic mass is 16.2. The molecule has 2 aliphatic carbocycles. The predicted molar refractivity (Wildman–Crippen MR) is 90.7 cm³/mol. The van der Waals surface area contributed by atoms with Gasteiger partial charge < -0.3 is 5.32 Å². The van der Waals surface area contributed by atoms with Gasteiger partial charge in [-0.25, -0.2) is 0 Å². The minimum Gasteiger partial charge on any atom is -0.325 e. The number of amides is 1. The number of carbonyl (C=O) groups is 1. The van der Waals surface area contributed by atoms with Gasteiger partial charge in [0.05, 0.1) is 0 Å². The first-order valence-electron chi connectivity index (χ1n) is 8.28. The molecule has 2 heteroatoms. The van der Waals surface area contributed by atoms with Gasteiger partial charge in [0.15, 0.2) is 0 Å². The summed E-state index contributed by atoms with van der Waals surface area (Å²) in [6.45, 7) is 0. The van der Waals surface area contributed by atoms with Crippen molar-refractivity contribution in [3.05, 3.63) is 54.6 Å². The second-order valence-electron chi connectivity index (χ2n) is 6.50. The Labute approximate surface area is 131 Å². The van der Waals surface area contributed by atoms with Crippen molar-refractivity contribution in [1.82, 2.24) is 0 Å². The van der Waals surface area contributed by atoms with E-state index < -0.39 is 0 Å².